The summed E-state index contributed by atoms with van der Waals surface area (Å²) < 4.78 is 6.32. The Kier molecular flexibility index (Phi) is 7.93. The number of Topliss-reactive ketones (excluding diaryl/α,β-unsaturated/α-hetero) is 1. The van der Waals surface area contributed by atoms with Crippen LogP contribution in [-0.4, -0.2) is 5.78 Å². The van der Waals surface area contributed by atoms with Crippen LogP contribution in [0.15, 0.2) is 97.1 Å². The van der Waals surface area contributed by atoms with Crippen molar-refractivity contribution in [3.8, 4) is 5.75 Å². The molecule has 0 radical (unpaired) electrons. The standard InChI is InChI=1S/C31H31O2P/c1-22-14-17-31(28(18-22)23(2)32)34-24(3)29-20-27(19-25-10-6-4-7-11-25)15-16-30(29)33-21-26-12-8-5-9-13-26/h4-18,20,24,34H,19,21H2,1-3H3. The summed E-state index contributed by atoms with van der Waals surface area (Å²) in [5.41, 5.74) is 7.06. The molecule has 0 amide bonds. The van der Waals surface area contributed by atoms with Crippen molar-refractivity contribution in [1.29, 1.82) is 0 Å². The van der Waals surface area contributed by atoms with Crippen LogP contribution in [0.2, 0.25) is 0 Å². The van der Waals surface area contributed by atoms with E-state index in [1.54, 1.807) is 6.92 Å². The molecule has 0 aliphatic carbocycles. The lowest BCUT2D eigenvalue weighted by Crippen LogP contribution is -2.11. The number of hydrogen-bond acceptors (Lipinski definition) is 2. The fourth-order valence-corrected chi connectivity index (χ4v) is 5.56. The van der Waals surface area contributed by atoms with E-state index in [1.165, 1.54) is 16.7 Å². The molecule has 2 nitrogen and oxygen atoms in total. The monoisotopic (exact) mass is 466 g/mol. The van der Waals surface area contributed by atoms with Crippen molar-refractivity contribution in [2.75, 3.05) is 0 Å². The van der Waals surface area contributed by atoms with E-state index in [0.29, 0.717) is 15.2 Å². The van der Waals surface area contributed by atoms with Gasteiger partial charge < -0.3 is 4.74 Å². The highest BCUT2D eigenvalue weighted by Crippen LogP contribution is 2.40. The second kappa shape index (κ2) is 11.3. The molecule has 0 aliphatic heterocycles. The van der Waals surface area contributed by atoms with Gasteiger partial charge in [-0.1, -0.05) is 106 Å². The summed E-state index contributed by atoms with van der Waals surface area (Å²) >= 11 is 0. The third kappa shape index (κ3) is 6.22. The van der Waals surface area contributed by atoms with Gasteiger partial charge in [-0.3, -0.25) is 4.79 Å². The van der Waals surface area contributed by atoms with Crippen molar-refractivity contribution in [2.45, 2.75) is 39.5 Å². The molecule has 3 heteroatoms. The van der Waals surface area contributed by atoms with Crippen molar-refractivity contribution in [3.05, 3.63) is 130 Å². The Bertz CT molecular complexity index is 1250. The van der Waals surface area contributed by atoms with E-state index in [1.807, 2.05) is 37.3 Å². The zero-order valence-electron chi connectivity index (χ0n) is 20.0. The topological polar surface area (TPSA) is 26.3 Å². The Hall–Kier alpha value is -3.22. The van der Waals surface area contributed by atoms with Crippen molar-refractivity contribution in [3.63, 3.8) is 0 Å². The number of ether oxygens (including phenoxy) is 1. The van der Waals surface area contributed by atoms with Gasteiger partial charge in [0.1, 0.15) is 12.4 Å². The molecule has 2 atom stereocenters. The minimum Gasteiger partial charge on any atom is -0.489 e. The number of benzene rings is 4. The number of hydrogen-bond donors (Lipinski definition) is 0. The minimum absolute atomic E-state index is 0.122. The van der Waals surface area contributed by atoms with Crippen molar-refractivity contribution in [1.82, 2.24) is 0 Å². The lowest BCUT2D eigenvalue weighted by Gasteiger charge is -2.20. The number of carbonyl (C=O) groups excluding carboxylic acids is 1. The molecule has 4 aromatic rings. The van der Waals surface area contributed by atoms with Gasteiger partial charge in [0.05, 0.1) is 0 Å². The number of carbonyl (C=O) groups is 1. The van der Waals surface area contributed by atoms with Gasteiger partial charge >= 0.3 is 0 Å². The van der Waals surface area contributed by atoms with E-state index in [4.69, 9.17) is 4.74 Å². The van der Waals surface area contributed by atoms with Gasteiger partial charge in [0.25, 0.3) is 0 Å². The summed E-state index contributed by atoms with van der Waals surface area (Å²) in [6.07, 6.45) is 0.881. The summed E-state index contributed by atoms with van der Waals surface area (Å²) in [5.74, 6) is 1.04. The summed E-state index contributed by atoms with van der Waals surface area (Å²) in [5, 5.41) is 1.12. The maximum atomic E-state index is 12.3. The molecular formula is C31H31O2P. The molecule has 0 saturated heterocycles. The van der Waals surface area contributed by atoms with Crippen LogP contribution < -0.4 is 10.0 Å². The number of aryl methyl sites for hydroxylation is 1. The zero-order chi connectivity index (χ0) is 23.9. The summed E-state index contributed by atoms with van der Waals surface area (Å²) in [6.45, 7) is 6.46. The second-order valence-electron chi connectivity index (χ2n) is 8.78. The molecule has 4 rings (SSSR count). The lowest BCUT2D eigenvalue weighted by atomic mass is 10.0. The smallest absolute Gasteiger partial charge is 0.160 e. The van der Waals surface area contributed by atoms with Crippen molar-refractivity contribution in [2.24, 2.45) is 0 Å². The average Bonchev–Trinajstić information content (AvgIpc) is 2.85. The van der Waals surface area contributed by atoms with Crippen LogP contribution in [0, 0.1) is 6.92 Å². The summed E-state index contributed by atoms with van der Waals surface area (Å²) in [6, 6.07) is 33.6. The molecule has 172 valence electrons. The first-order valence-corrected chi connectivity index (χ1v) is 12.8. The van der Waals surface area contributed by atoms with E-state index >= 15 is 0 Å². The van der Waals surface area contributed by atoms with Crippen molar-refractivity contribution < 1.29 is 9.53 Å². The van der Waals surface area contributed by atoms with Crippen LogP contribution >= 0.6 is 8.58 Å². The van der Waals surface area contributed by atoms with E-state index < -0.39 is 0 Å². The summed E-state index contributed by atoms with van der Waals surface area (Å²) in [7, 11) is 0.474. The maximum Gasteiger partial charge on any atom is 0.160 e. The highest BCUT2D eigenvalue weighted by Gasteiger charge is 2.17. The van der Waals surface area contributed by atoms with Gasteiger partial charge in [-0.2, -0.15) is 0 Å². The van der Waals surface area contributed by atoms with Crippen LogP contribution in [0.25, 0.3) is 0 Å². The average molecular weight is 467 g/mol. The molecule has 4 aromatic carbocycles. The fourth-order valence-electron chi connectivity index (χ4n) is 4.13. The Morgan fingerprint density at radius 3 is 2.18 bits per heavy atom. The quantitative estimate of drug-likeness (QED) is 0.189. The largest absolute Gasteiger partial charge is 0.489 e. The van der Waals surface area contributed by atoms with Gasteiger partial charge in [0.2, 0.25) is 0 Å². The molecule has 34 heavy (non-hydrogen) atoms. The Labute approximate surface area is 204 Å². The van der Waals surface area contributed by atoms with Gasteiger partial charge in [-0.05, 0) is 54.4 Å². The highest BCUT2D eigenvalue weighted by molar-refractivity contribution is 7.47. The second-order valence-corrected chi connectivity index (χ2v) is 10.5. The molecule has 0 bridgehead atoms. The number of ketones is 1. The van der Waals surface area contributed by atoms with Gasteiger partial charge in [-0.25, -0.2) is 0 Å². The Balaban J connectivity index is 1.64. The minimum atomic E-state index is 0.122. The molecule has 0 saturated carbocycles. The third-order valence-corrected chi connectivity index (χ3v) is 7.45. The van der Waals surface area contributed by atoms with E-state index in [2.05, 4.69) is 73.7 Å². The first-order chi connectivity index (χ1) is 16.5. The number of rotatable bonds is 9. The maximum absolute atomic E-state index is 12.3. The highest BCUT2D eigenvalue weighted by atomic mass is 31.1. The lowest BCUT2D eigenvalue weighted by molar-refractivity contribution is 0.101. The fraction of sp³-hybridized carbons (Fsp3) is 0.194. The summed E-state index contributed by atoms with van der Waals surface area (Å²) in [4.78, 5) is 12.3. The third-order valence-electron chi connectivity index (χ3n) is 5.96. The predicted octanol–water partition coefficient (Wildman–Crippen LogP) is 7.43. The van der Waals surface area contributed by atoms with Crippen molar-refractivity contribution >= 4 is 19.7 Å². The first kappa shape index (κ1) is 23.9. The van der Waals surface area contributed by atoms with E-state index in [0.717, 1.165) is 34.2 Å². The zero-order valence-corrected chi connectivity index (χ0v) is 21.0. The molecule has 0 aliphatic rings. The van der Waals surface area contributed by atoms with Crippen LogP contribution in [-0.2, 0) is 13.0 Å². The molecule has 0 spiro atoms. The van der Waals surface area contributed by atoms with E-state index in [9.17, 15) is 4.79 Å². The first-order valence-electron chi connectivity index (χ1n) is 11.7. The predicted molar refractivity (Wildman–Crippen MR) is 144 cm³/mol. The molecule has 0 N–H and O–H groups in total. The van der Waals surface area contributed by atoms with Crippen LogP contribution in [0.5, 0.6) is 5.75 Å². The normalized spacial score (nSPS) is 12.1. The van der Waals surface area contributed by atoms with Crippen LogP contribution in [0.3, 0.4) is 0 Å². The molecule has 0 heterocycles. The SMILES string of the molecule is CC(=O)c1cc(C)ccc1PC(C)c1cc(Cc2ccccc2)ccc1OCc1ccccc1. The van der Waals surface area contributed by atoms with Gasteiger partial charge in [0.15, 0.2) is 5.78 Å². The molecule has 0 fully saturated rings. The molecule has 2 unspecified atom stereocenters. The molecular weight excluding hydrogens is 435 g/mol. The molecule has 0 aromatic heterocycles. The van der Waals surface area contributed by atoms with Gasteiger partial charge in [-0.15, -0.1) is 0 Å². The Morgan fingerprint density at radius 1 is 0.824 bits per heavy atom. The Morgan fingerprint density at radius 2 is 1.50 bits per heavy atom. The van der Waals surface area contributed by atoms with Crippen LogP contribution in [0.4, 0.5) is 0 Å². The van der Waals surface area contributed by atoms with Gasteiger partial charge in [0, 0.05) is 16.8 Å². The van der Waals surface area contributed by atoms with E-state index in [-0.39, 0.29) is 11.4 Å². The van der Waals surface area contributed by atoms with Crippen LogP contribution in [0.1, 0.15) is 57.7 Å².